The van der Waals surface area contributed by atoms with Crippen LogP contribution in [-0.2, 0) is 0 Å². The Kier molecular flexibility index (Phi) is 7.51. The van der Waals surface area contributed by atoms with Crippen molar-refractivity contribution in [2.75, 3.05) is 14.2 Å². The molecule has 34 heavy (non-hydrogen) atoms. The molecule has 1 aliphatic rings. The zero-order valence-electron chi connectivity index (χ0n) is 19.6. The minimum Gasteiger partial charge on any atom is -0.494 e. The van der Waals surface area contributed by atoms with Crippen molar-refractivity contribution < 1.29 is 19.7 Å². The van der Waals surface area contributed by atoms with Crippen molar-refractivity contribution in [3.63, 3.8) is 0 Å². The summed E-state index contributed by atoms with van der Waals surface area (Å²) in [5.41, 5.74) is 0.747. The first-order valence-electron chi connectivity index (χ1n) is 11.3. The number of rotatable bonds is 5. The maximum Gasteiger partial charge on any atom is 0.204 e. The molecule has 0 amide bonds. The maximum atomic E-state index is 12.5. The molecule has 9 heteroatoms. The predicted molar refractivity (Wildman–Crippen MR) is 127 cm³/mol. The molecule has 5 rings (SSSR count). The zero-order valence-corrected chi connectivity index (χ0v) is 19.6. The Balaban J connectivity index is 0.000000211. The van der Waals surface area contributed by atoms with Gasteiger partial charge in [0.15, 0.2) is 11.6 Å². The molecule has 4 aromatic rings. The highest BCUT2D eigenvalue weighted by Gasteiger charge is 2.21. The molecule has 0 aliphatic heterocycles. The van der Waals surface area contributed by atoms with E-state index in [2.05, 4.69) is 20.2 Å². The van der Waals surface area contributed by atoms with Gasteiger partial charge < -0.3 is 13.9 Å². The van der Waals surface area contributed by atoms with E-state index in [-0.39, 0.29) is 7.24 Å². The van der Waals surface area contributed by atoms with Gasteiger partial charge in [-0.05, 0) is 44.0 Å². The summed E-state index contributed by atoms with van der Waals surface area (Å²) in [6, 6.07) is 9.24. The summed E-state index contributed by atoms with van der Waals surface area (Å²) in [5.74, 6) is 4.22. The van der Waals surface area contributed by atoms with Gasteiger partial charge in [-0.3, -0.25) is 4.57 Å². The van der Waals surface area contributed by atoms with Crippen LogP contribution in [-0.4, -0.2) is 39.0 Å². The fourth-order valence-corrected chi connectivity index (χ4v) is 4.14. The van der Waals surface area contributed by atoms with Crippen molar-refractivity contribution in [1.29, 1.82) is 0 Å². The molecule has 1 aromatic carbocycles. The highest BCUT2D eigenvalue weighted by Crippen LogP contribution is 2.36. The standard InChI is InChI=1S/C15H15N3O3.C10H13FN2.H2/c1-10-16-17-15(13-8-5-9-21-13)18(10)14-11(19-2)6-4-7-12(14)20-3;11-9-6-12-10(13-7-9)8-4-2-1-3-5-8;/h4-9H,1-3H3;6-8H,1-5H2;1H. The summed E-state index contributed by atoms with van der Waals surface area (Å²) in [4.78, 5) is 8.03. The number of halogens is 1. The highest BCUT2D eigenvalue weighted by atomic mass is 19.1. The summed E-state index contributed by atoms with van der Waals surface area (Å²) in [7, 11) is 3.23. The number of nitrogens with zero attached hydrogens (tertiary/aromatic N) is 5. The first-order valence-corrected chi connectivity index (χ1v) is 11.3. The van der Waals surface area contributed by atoms with Crippen LogP contribution in [0, 0.1) is 12.7 Å². The second-order valence-electron chi connectivity index (χ2n) is 7.99. The number of hydrogen-bond donors (Lipinski definition) is 0. The van der Waals surface area contributed by atoms with E-state index in [0.29, 0.717) is 34.8 Å². The lowest BCUT2D eigenvalue weighted by atomic mass is 9.89. The minimum absolute atomic E-state index is 0. The topological polar surface area (TPSA) is 88.1 Å². The molecular formula is C25H30FN5O3. The Bertz CT molecular complexity index is 1170. The molecule has 180 valence electrons. The molecule has 0 saturated heterocycles. The third kappa shape index (κ3) is 5.08. The van der Waals surface area contributed by atoms with Gasteiger partial charge in [0, 0.05) is 7.34 Å². The van der Waals surface area contributed by atoms with Gasteiger partial charge in [0.05, 0.1) is 32.9 Å². The second kappa shape index (κ2) is 10.9. The number of benzene rings is 1. The average Bonchev–Trinajstić information content (AvgIpc) is 3.54. The normalized spacial score (nSPS) is 13.8. The summed E-state index contributed by atoms with van der Waals surface area (Å²) >= 11 is 0. The lowest BCUT2D eigenvalue weighted by molar-refractivity contribution is 0.390. The van der Waals surface area contributed by atoms with Crippen LogP contribution >= 0.6 is 0 Å². The SMILES string of the molecule is COc1cccc(OC)c1-n1c(C)nnc1-c1ccco1.Fc1cnc(C2CCCCC2)nc1.[HH]. The van der Waals surface area contributed by atoms with Crippen LogP contribution in [0.5, 0.6) is 11.5 Å². The lowest BCUT2D eigenvalue weighted by Crippen LogP contribution is -2.08. The van der Waals surface area contributed by atoms with Crippen molar-refractivity contribution in [3.8, 4) is 28.8 Å². The third-order valence-corrected chi connectivity index (χ3v) is 5.80. The van der Waals surface area contributed by atoms with Crippen molar-refractivity contribution in [2.24, 2.45) is 0 Å². The molecule has 0 bridgehead atoms. The van der Waals surface area contributed by atoms with Crippen LogP contribution < -0.4 is 9.47 Å². The highest BCUT2D eigenvalue weighted by molar-refractivity contribution is 5.63. The first-order chi connectivity index (χ1) is 16.6. The van der Waals surface area contributed by atoms with Crippen LogP contribution in [0.2, 0.25) is 0 Å². The van der Waals surface area contributed by atoms with Crippen LogP contribution in [0.25, 0.3) is 17.3 Å². The Morgan fingerprint density at radius 2 is 1.65 bits per heavy atom. The number of ether oxygens (including phenoxy) is 2. The molecule has 1 fully saturated rings. The van der Waals surface area contributed by atoms with Gasteiger partial charge in [-0.1, -0.05) is 25.3 Å². The number of hydrogen-bond acceptors (Lipinski definition) is 7. The smallest absolute Gasteiger partial charge is 0.204 e. The van der Waals surface area contributed by atoms with E-state index in [9.17, 15) is 4.39 Å². The van der Waals surface area contributed by atoms with Crippen LogP contribution in [0.15, 0.2) is 53.4 Å². The first kappa shape index (κ1) is 23.4. The lowest BCUT2D eigenvalue weighted by Gasteiger charge is -2.19. The third-order valence-electron chi connectivity index (χ3n) is 5.80. The average molecular weight is 468 g/mol. The van der Waals surface area contributed by atoms with Crippen molar-refractivity contribution in [3.05, 3.63) is 66.5 Å². The second-order valence-corrected chi connectivity index (χ2v) is 7.99. The summed E-state index contributed by atoms with van der Waals surface area (Å²) in [5, 5.41) is 8.34. The molecule has 3 heterocycles. The Morgan fingerprint density at radius 3 is 2.24 bits per heavy atom. The van der Waals surface area contributed by atoms with Crippen LogP contribution in [0.4, 0.5) is 4.39 Å². The van der Waals surface area contributed by atoms with E-state index in [0.717, 1.165) is 24.4 Å². The fourth-order valence-electron chi connectivity index (χ4n) is 4.14. The largest absolute Gasteiger partial charge is 0.494 e. The number of methoxy groups -OCH3 is 2. The number of para-hydroxylation sites is 1. The molecule has 0 N–H and O–H groups in total. The van der Waals surface area contributed by atoms with E-state index in [4.69, 9.17) is 13.9 Å². The van der Waals surface area contributed by atoms with Gasteiger partial charge >= 0.3 is 0 Å². The number of aromatic nitrogens is 5. The quantitative estimate of drug-likeness (QED) is 0.368. The van der Waals surface area contributed by atoms with Gasteiger partial charge in [0.25, 0.3) is 0 Å². The molecule has 8 nitrogen and oxygen atoms in total. The van der Waals surface area contributed by atoms with Gasteiger partial charge in [0.1, 0.15) is 28.8 Å². The van der Waals surface area contributed by atoms with Gasteiger partial charge in [0.2, 0.25) is 5.82 Å². The Labute approximate surface area is 199 Å². The molecule has 1 saturated carbocycles. The number of aryl methyl sites for hydroxylation is 1. The monoisotopic (exact) mass is 467 g/mol. The van der Waals surface area contributed by atoms with Crippen molar-refractivity contribution in [1.82, 2.24) is 24.7 Å². The predicted octanol–water partition coefficient (Wildman–Crippen LogP) is 5.76. The van der Waals surface area contributed by atoms with Gasteiger partial charge in [-0.25, -0.2) is 14.4 Å². The summed E-state index contributed by atoms with van der Waals surface area (Å²) < 4.78 is 30.7. The van der Waals surface area contributed by atoms with E-state index in [1.54, 1.807) is 20.5 Å². The molecule has 0 radical (unpaired) electrons. The molecule has 1 aliphatic carbocycles. The molecular weight excluding hydrogens is 437 g/mol. The zero-order chi connectivity index (χ0) is 23.9. The van der Waals surface area contributed by atoms with E-state index < -0.39 is 0 Å². The Hall–Kier alpha value is -3.75. The molecule has 3 aromatic heterocycles. The number of furan rings is 1. The molecule has 0 atom stereocenters. The fraction of sp³-hybridized carbons (Fsp3) is 0.360. The van der Waals surface area contributed by atoms with Crippen molar-refractivity contribution in [2.45, 2.75) is 44.9 Å². The molecule has 0 unspecified atom stereocenters. The van der Waals surface area contributed by atoms with Gasteiger partial charge in [-0.2, -0.15) is 0 Å². The molecule has 0 spiro atoms. The Morgan fingerprint density at radius 1 is 0.971 bits per heavy atom. The van der Waals surface area contributed by atoms with Gasteiger partial charge in [-0.15, -0.1) is 10.2 Å². The van der Waals surface area contributed by atoms with Crippen LogP contribution in [0.3, 0.4) is 0 Å². The van der Waals surface area contributed by atoms with Crippen LogP contribution in [0.1, 0.15) is 51.1 Å². The summed E-state index contributed by atoms with van der Waals surface area (Å²) in [6.45, 7) is 1.87. The summed E-state index contributed by atoms with van der Waals surface area (Å²) in [6.07, 6.45) is 10.3. The van der Waals surface area contributed by atoms with E-state index >= 15 is 0 Å². The minimum atomic E-state index is -0.348. The maximum absolute atomic E-state index is 12.5. The van der Waals surface area contributed by atoms with E-state index in [1.165, 1.54) is 31.7 Å². The van der Waals surface area contributed by atoms with Crippen molar-refractivity contribution >= 4 is 0 Å². The van der Waals surface area contributed by atoms with E-state index in [1.807, 2.05) is 41.8 Å².